The second kappa shape index (κ2) is 41.2. The number of nitrogens with zero attached hydrogens (tertiary/aromatic N) is 5. The zero-order valence-electron chi connectivity index (χ0n) is 61.6. The third-order valence-corrected chi connectivity index (χ3v) is 19.3. The molecule has 2 fully saturated rings. The summed E-state index contributed by atoms with van der Waals surface area (Å²) < 4.78 is 17.6. The van der Waals surface area contributed by atoms with Gasteiger partial charge in [0.25, 0.3) is 0 Å². The maximum atomic E-state index is 14.4. The van der Waals surface area contributed by atoms with Crippen LogP contribution in [0.4, 0.5) is 21.0 Å². The SMILES string of the molecule is CC[C@H](C)[C@@H]([C@@H](CC(=O)N1CCC[C@H]1[C@H](OC)[C@@H](C)C(=O)N[C@@H](Cc1ccccc1)C(=O)O)OC)N(C)C(=O)[C@H](C)NC(=O)[C@H](C(C)C)N(C)CCc1ccc(N(C)C(=O)OCc2ccc(NC(=O)[C@H](CCCNC(N)=O)NC(=O)[C@H](C)NC(=O)CCCCCN3C(=O)CC(C)C3=O)cc2)cc1. The fourth-order valence-electron chi connectivity index (χ4n) is 13.2. The molecule has 1 unspecified atom stereocenters. The van der Waals surface area contributed by atoms with Gasteiger partial charge in [0.05, 0.1) is 42.7 Å². The molecule has 28 nitrogen and oxygen atoms in total. The number of nitrogens with one attached hydrogen (secondary N) is 6. The number of likely N-dealkylation sites (N-methyl/N-ethyl adjacent to an activating group) is 2. The number of hydrogen-bond acceptors (Lipinski definition) is 16. The molecule has 0 aromatic heterocycles. The molecule has 9 N–H and O–H groups in total. The minimum absolute atomic E-state index is 0.0841. The first-order valence-electron chi connectivity index (χ1n) is 35.5. The smallest absolute Gasteiger partial charge is 0.414 e. The number of imide groups is 1. The first-order chi connectivity index (χ1) is 48.4. The van der Waals surface area contributed by atoms with Gasteiger partial charge in [0.2, 0.25) is 53.2 Å². The number of nitrogens with two attached hydrogens (primary N) is 1. The molecule has 2 aliphatic heterocycles. The lowest BCUT2D eigenvalue weighted by Crippen LogP contribution is -2.58. The number of aliphatic carboxylic acids is 1. The van der Waals surface area contributed by atoms with Crippen molar-refractivity contribution in [2.24, 2.45) is 29.4 Å². The molecule has 2 aliphatic rings. The first-order valence-corrected chi connectivity index (χ1v) is 35.5. The Morgan fingerprint density at radius 2 is 1.38 bits per heavy atom. The number of methoxy groups -OCH3 is 2. The van der Waals surface area contributed by atoms with Gasteiger partial charge in [0.15, 0.2) is 0 Å². The molecule has 2 saturated heterocycles. The van der Waals surface area contributed by atoms with Crippen LogP contribution in [-0.2, 0) is 81.6 Å². The van der Waals surface area contributed by atoms with Gasteiger partial charge >= 0.3 is 18.1 Å². The number of urea groups is 1. The maximum Gasteiger partial charge on any atom is 0.414 e. The van der Waals surface area contributed by atoms with Crippen molar-refractivity contribution in [3.8, 4) is 0 Å². The molecule has 0 saturated carbocycles. The summed E-state index contributed by atoms with van der Waals surface area (Å²) in [5.74, 6) is -5.97. The molecular weight excluding hydrogens is 1310 g/mol. The van der Waals surface area contributed by atoms with Crippen LogP contribution in [0, 0.1) is 23.7 Å². The van der Waals surface area contributed by atoms with Gasteiger partial charge in [-0.05, 0) is 119 Å². The summed E-state index contributed by atoms with van der Waals surface area (Å²) in [5.41, 5.74) is 8.46. The molecule has 12 amide bonds. The van der Waals surface area contributed by atoms with Crippen molar-refractivity contribution >= 4 is 82.6 Å². The van der Waals surface area contributed by atoms with Crippen LogP contribution in [0.5, 0.6) is 0 Å². The lowest BCUT2D eigenvalue weighted by atomic mass is 9.90. The van der Waals surface area contributed by atoms with Crippen molar-refractivity contribution < 1.29 is 76.9 Å². The average Bonchev–Trinajstić information content (AvgIpc) is 1.51. The van der Waals surface area contributed by atoms with E-state index in [1.807, 2.05) is 57.8 Å². The van der Waals surface area contributed by atoms with Crippen molar-refractivity contribution in [2.75, 3.05) is 71.8 Å². The fourth-order valence-corrected chi connectivity index (χ4v) is 13.2. The van der Waals surface area contributed by atoms with E-state index in [4.69, 9.17) is 19.9 Å². The summed E-state index contributed by atoms with van der Waals surface area (Å²) in [6, 6.07) is 16.3. The Labute approximate surface area is 599 Å². The highest BCUT2D eigenvalue weighted by atomic mass is 16.6. The van der Waals surface area contributed by atoms with Crippen LogP contribution in [0.3, 0.4) is 0 Å². The number of anilines is 2. The second-order valence-corrected chi connectivity index (χ2v) is 27.4. The van der Waals surface area contributed by atoms with Crippen molar-refractivity contribution in [1.29, 1.82) is 0 Å². The summed E-state index contributed by atoms with van der Waals surface area (Å²) in [5, 5.41) is 26.2. The van der Waals surface area contributed by atoms with Crippen molar-refractivity contribution in [2.45, 2.75) is 200 Å². The predicted octanol–water partition coefficient (Wildman–Crippen LogP) is 5.53. The van der Waals surface area contributed by atoms with Gasteiger partial charge in [-0.1, -0.05) is 109 Å². The van der Waals surface area contributed by atoms with E-state index in [2.05, 4.69) is 31.9 Å². The van der Waals surface area contributed by atoms with Gasteiger partial charge in [0, 0.05) is 91.0 Å². The normalized spacial score (nSPS) is 17.4. The van der Waals surface area contributed by atoms with Crippen LogP contribution in [0.2, 0.25) is 0 Å². The number of hydrogen-bond donors (Lipinski definition) is 8. The number of rotatable bonds is 41. The first kappa shape index (κ1) is 83.6. The van der Waals surface area contributed by atoms with Gasteiger partial charge in [-0.2, -0.15) is 0 Å². The number of primary amides is 1. The number of carbonyl (C=O) groups is 12. The van der Waals surface area contributed by atoms with Gasteiger partial charge < -0.3 is 66.8 Å². The van der Waals surface area contributed by atoms with Gasteiger partial charge in [0.1, 0.15) is 30.8 Å². The van der Waals surface area contributed by atoms with Crippen LogP contribution in [0.15, 0.2) is 78.9 Å². The number of carboxylic acid groups (broad SMARTS) is 1. The van der Waals surface area contributed by atoms with E-state index in [1.165, 1.54) is 30.9 Å². The molecule has 0 radical (unpaired) electrons. The zero-order valence-corrected chi connectivity index (χ0v) is 61.6. The Morgan fingerprint density at radius 3 is 1.98 bits per heavy atom. The number of ether oxygens (including phenoxy) is 3. The largest absolute Gasteiger partial charge is 0.480 e. The molecule has 3 aromatic rings. The lowest BCUT2D eigenvalue weighted by Gasteiger charge is -2.40. The summed E-state index contributed by atoms with van der Waals surface area (Å²) in [6.07, 6.45) is 2.61. The minimum Gasteiger partial charge on any atom is -0.480 e. The highest BCUT2D eigenvalue weighted by molar-refractivity contribution is 6.03. The average molecular weight is 1420 g/mol. The molecule has 12 atom stereocenters. The number of likely N-dealkylation sites (tertiary alicyclic amines) is 2. The number of amides is 12. The van der Waals surface area contributed by atoms with Crippen LogP contribution >= 0.6 is 0 Å². The molecular formula is C74H110N12O16. The third-order valence-electron chi connectivity index (χ3n) is 19.3. The van der Waals surface area contributed by atoms with E-state index in [0.29, 0.717) is 81.5 Å². The fraction of sp³-hybridized carbons (Fsp3) is 0.595. The van der Waals surface area contributed by atoms with E-state index in [9.17, 15) is 62.6 Å². The Bertz CT molecular complexity index is 3310. The summed E-state index contributed by atoms with van der Waals surface area (Å²) in [7, 11) is 8.06. The molecule has 2 heterocycles. The maximum absolute atomic E-state index is 14.4. The van der Waals surface area contributed by atoms with Gasteiger partial charge in [-0.3, -0.25) is 57.9 Å². The van der Waals surface area contributed by atoms with Crippen molar-refractivity contribution in [1.82, 2.24) is 46.2 Å². The molecule has 0 aliphatic carbocycles. The molecule has 0 bridgehead atoms. The van der Waals surface area contributed by atoms with Crippen LogP contribution in [0.1, 0.15) is 143 Å². The molecule has 5 rings (SSSR count). The Balaban J connectivity index is 1.09. The van der Waals surface area contributed by atoms with E-state index >= 15 is 0 Å². The van der Waals surface area contributed by atoms with Crippen LogP contribution in [0.25, 0.3) is 0 Å². The van der Waals surface area contributed by atoms with E-state index in [0.717, 1.165) is 11.1 Å². The standard InChI is InChI=1S/C74H110N12O16/c1-14-46(4)64(59(100-12)43-62(89)85-39-22-26-58(85)65(101-13)48(6)66(90)81-57(72(96)97)42-52-23-17-15-18-24-52)84(11)71(95)50(8)78-69(93)63(45(2)3)82(9)40-36-51-30-34-55(35-31-51)83(10)74(99)102-44-53-28-32-54(33-29-53)79-68(92)56(25-21-37-76-73(75)98)80-67(91)49(7)77-60(87)27-19-16-20-38-86-61(88)41-47(5)70(86)94/h15,17-18,23-24,28-35,45-50,56-59,63-65H,14,16,19-22,25-27,36-44H2,1-13H3,(H,77,87)(H,78,93)(H,79,92)(H,80,91)(H,81,90)(H,96,97)(H3,75,76,98)/t46-,47?,48+,49-,50-,56-,57-,58-,59+,63-,64-,65+/m0/s1. The molecule has 28 heteroatoms. The molecule has 102 heavy (non-hydrogen) atoms. The molecule has 0 spiro atoms. The third kappa shape index (κ3) is 24.9. The molecule has 3 aromatic carbocycles. The van der Waals surface area contributed by atoms with Gasteiger partial charge in [-0.15, -0.1) is 0 Å². The highest BCUT2D eigenvalue weighted by Gasteiger charge is 2.44. The van der Waals surface area contributed by atoms with Crippen molar-refractivity contribution in [3.05, 3.63) is 95.6 Å². The van der Waals surface area contributed by atoms with Crippen LogP contribution in [-0.4, -0.2) is 212 Å². The number of benzene rings is 3. The minimum atomic E-state index is -1.17. The Kier molecular flexibility index (Phi) is 33.8. The summed E-state index contributed by atoms with van der Waals surface area (Å²) in [6.45, 7) is 15.6. The van der Waals surface area contributed by atoms with Crippen molar-refractivity contribution in [3.63, 3.8) is 0 Å². The van der Waals surface area contributed by atoms with E-state index in [-0.39, 0.29) is 105 Å². The van der Waals surface area contributed by atoms with E-state index in [1.54, 1.807) is 105 Å². The lowest BCUT2D eigenvalue weighted by molar-refractivity contribution is -0.147. The summed E-state index contributed by atoms with van der Waals surface area (Å²) >= 11 is 0. The monoisotopic (exact) mass is 1420 g/mol. The quantitative estimate of drug-likeness (QED) is 0.0256. The topological polar surface area (TPSA) is 367 Å². The van der Waals surface area contributed by atoms with Crippen LogP contribution < -0.4 is 42.5 Å². The van der Waals surface area contributed by atoms with Gasteiger partial charge in [-0.25, -0.2) is 14.4 Å². The Morgan fingerprint density at radius 1 is 0.725 bits per heavy atom. The highest BCUT2D eigenvalue weighted by Crippen LogP contribution is 2.30. The number of unbranched alkanes of at least 4 members (excludes halogenated alkanes) is 2. The summed E-state index contributed by atoms with van der Waals surface area (Å²) in [4.78, 5) is 165. The Hall–Kier alpha value is -9.02. The second-order valence-electron chi connectivity index (χ2n) is 27.4. The molecule has 562 valence electrons. The zero-order chi connectivity index (χ0) is 75.5. The number of carboxylic acids is 1. The van der Waals surface area contributed by atoms with E-state index < -0.39 is 96.2 Å². The number of carbonyl (C=O) groups excluding carboxylic acids is 11. The predicted molar refractivity (Wildman–Crippen MR) is 384 cm³/mol.